The van der Waals surface area contributed by atoms with Crippen molar-refractivity contribution in [3.05, 3.63) is 28.9 Å². The predicted molar refractivity (Wildman–Crippen MR) is 82.8 cm³/mol. The molecule has 1 aromatic carbocycles. The first-order valence-electron chi connectivity index (χ1n) is 6.86. The molecule has 0 spiro atoms. The largest absolute Gasteiger partial charge is 0.490 e. The van der Waals surface area contributed by atoms with Gasteiger partial charge in [-0.25, -0.2) is 0 Å². The van der Waals surface area contributed by atoms with E-state index < -0.39 is 0 Å². The van der Waals surface area contributed by atoms with E-state index in [0.717, 1.165) is 16.6 Å². The first-order chi connectivity index (χ1) is 10.1. The Morgan fingerprint density at radius 1 is 1.33 bits per heavy atom. The van der Waals surface area contributed by atoms with E-state index in [4.69, 9.17) is 21.1 Å². The first-order valence-corrected chi connectivity index (χ1v) is 7.24. The highest BCUT2D eigenvalue weighted by molar-refractivity contribution is 6.32. The number of hydrogen-bond acceptors (Lipinski definition) is 3. The minimum Gasteiger partial charge on any atom is -0.490 e. The maximum absolute atomic E-state index is 10.9. The number of carbonyl (C=O) groups excluding carboxylic acids is 1. The Hall–Kier alpha value is -1.72. The van der Waals surface area contributed by atoms with Crippen molar-refractivity contribution in [3.8, 4) is 5.75 Å². The molecule has 0 bridgehead atoms. The van der Waals surface area contributed by atoms with Gasteiger partial charge in [0.25, 0.3) is 0 Å². The molecule has 2 aromatic rings. The molecule has 1 aromatic heterocycles. The fourth-order valence-electron chi connectivity index (χ4n) is 1.97. The zero-order valence-electron chi connectivity index (χ0n) is 12.2. The molecule has 0 radical (unpaired) electrons. The van der Waals surface area contributed by atoms with E-state index >= 15 is 0 Å². The molecule has 0 aliphatic carbocycles. The molecule has 21 heavy (non-hydrogen) atoms. The number of aromatic amines is 1. The molecule has 5 nitrogen and oxygen atoms in total. The second-order valence-corrected chi connectivity index (χ2v) is 5.03. The lowest BCUT2D eigenvalue weighted by Crippen LogP contribution is -2.18. The van der Waals surface area contributed by atoms with Crippen LogP contribution >= 0.6 is 11.6 Å². The molecule has 0 saturated heterocycles. The molecule has 0 fully saturated rings. The Labute approximate surface area is 128 Å². The number of carbonyl (C=O) groups is 1. The van der Waals surface area contributed by atoms with Crippen LogP contribution in [0.1, 0.15) is 19.5 Å². The number of benzene rings is 1. The molecule has 2 rings (SSSR count). The fourth-order valence-corrected chi connectivity index (χ4v) is 2.20. The van der Waals surface area contributed by atoms with Gasteiger partial charge in [0.1, 0.15) is 12.4 Å². The third-order valence-corrected chi connectivity index (χ3v) is 3.24. The maximum Gasteiger partial charge on any atom is 0.217 e. The van der Waals surface area contributed by atoms with Gasteiger partial charge < -0.3 is 19.8 Å². The standard InChI is InChI=1S/C15H19ClN2O3/c1-3-20-4-5-21-15-8-14-11(7-13(15)16)6-12(18-14)9-17-10(2)19/h6-8,18H,3-5,9H2,1-2H3,(H,17,19). The average molecular weight is 311 g/mol. The molecule has 6 heteroatoms. The Morgan fingerprint density at radius 2 is 2.14 bits per heavy atom. The third kappa shape index (κ3) is 4.37. The average Bonchev–Trinajstić information content (AvgIpc) is 2.83. The lowest BCUT2D eigenvalue weighted by molar-refractivity contribution is -0.119. The van der Waals surface area contributed by atoms with Gasteiger partial charge in [0.05, 0.1) is 18.2 Å². The highest BCUT2D eigenvalue weighted by Gasteiger charge is 2.08. The van der Waals surface area contributed by atoms with Gasteiger partial charge in [0.15, 0.2) is 0 Å². The summed E-state index contributed by atoms with van der Waals surface area (Å²) in [7, 11) is 0. The Kier molecular flexibility index (Phi) is 5.47. The van der Waals surface area contributed by atoms with E-state index in [0.29, 0.717) is 37.1 Å². The summed E-state index contributed by atoms with van der Waals surface area (Å²) in [6.45, 7) is 5.54. The van der Waals surface area contributed by atoms with Crippen LogP contribution < -0.4 is 10.1 Å². The topological polar surface area (TPSA) is 63.4 Å². The minimum atomic E-state index is -0.0633. The molecule has 1 heterocycles. The van der Waals surface area contributed by atoms with Crippen molar-refractivity contribution in [2.24, 2.45) is 0 Å². The molecule has 0 unspecified atom stereocenters. The molecular weight excluding hydrogens is 292 g/mol. The van der Waals surface area contributed by atoms with Crippen LogP contribution in [0.5, 0.6) is 5.75 Å². The summed E-state index contributed by atoms with van der Waals surface area (Å²) in [5.74, 6) is 0.559. The van der Waals surface area contributed by atoms with Crippen LogP contribution in [0.15, 0.2) is 18.2 Å². The summed E-state index contributed by atoms with van der Waals surface area (Å²) in [6.07, 6.45) is 0. The van der Waals surface area contributed by atoms with Crippen molar-refractivity contribution in [2.75, 3.05) is 19.8 Å². The fraction of sp³-hybridized carbons (Fsp3) is 0.400. The predicted octanol–water partition coefficient (Wildman–Crippen LogP) is 2.87. The number of ether oxygens (including phenoxy) is 2. The highest BCUT2D eigenvalue weighted by atomic mass is 35.5. The third-order valence-electron chi connectivity index (χ3n) is 2.95. The number of aromatic nitrogens is 1. The molecule has 114 valence electrons. The second-order valence-electron chi connectivity index (χ2n) is 4.62. The summed E-state index contributed by atoms with van der Waals surface area (Å²) < 4.78 is 10.8. The summed E-state index contributed by atoms with van der Waals surface area (Å²) in [5.41, 5.74) is 1.84. The zero-order chi connectivity index (χ0) is 15.2. The van der Waals surface area contributed by atoms with E-state index in [2.05, 4.69) is 10.3 Å². The van der Waals surface area contributed by atoms with Crippen molar-refractivity contribution in [3.63, 3.8) is 0 Å². The lowest BCUT2D eigenvalue weighted by Gasteiger charge is -2.08. The SMILES string of the molecule is CCOCCOc1cc2[nH]c(CNC(C)=O)cc2cc1Cl. The number of halogens is 1. The van der Waals surface area contributed by atoms with E-state index in [1.807, 2.05) is 25.1 Å². The Bertz CT molecular complexity index is 625. The number of nitrogens with one attached hydrogen (secondary N) is 2. The minimum absolute atomic E-state index is 0.0633. The number of H-pyrrole nitrogens is 1. The number of amides is 1. The maximum atomic E-state index is 10.9. The molecule has 2 N–H and O–H groups in total. The summed E-state index contributed by atoms with van der Waals surface area (Å²) in [4.78, 5) is 14.2. The summed E-state index contributed by atoms with van der Waals surface area (Å²) in [6, 6.07) is 5.67. The second kappa shape index (κ2) is 7.33. The van der Waals surface area contributed by atoms with E-state index in [1.54, 1.807) is 0 Å². The van der Waals surface area contributed by atoms with Gasteiger partial charge in [-0.05, 0) is 19.1 Å². The van der Waals surface area contributed by atoms with Crippen LogP contribution in [-0.2, 0) is 16.1 Å². The molecule has 1 amide bonds. The lowest BCUT2D eigenvalue weighted by atomic mass is 10.2. The molecule has 0 aliphatic rings. The van der Waals surface area contributed by atoms with Gasteiger partial charge >= 0.3 is 0 Å². The van der Waals surface area contributed by atoms with Gasteiger partial charge in [0.2, 0.25) is 5.91 Å². The van der Waals surface area contributed by atoms with E-state index in [-0.39, 0.29) is 5.91 Å². The van der Waals surface area contributed by atoms with Gasteiger partial charge in [-0.1, -0.05) is 11.6 Å². The number of rotatable bonds is 7. The molecular formula is C15H19ClN2O3. The summed E-state index contributed by atoms with van der Waals surface area (Å²) in [5, 5.41) is 4.29. The van der Waals surface area contributed by atoms with Crippen LogP contribution in [0, 0.1) is 0 Å². The zero-order valence-corrected chi connectivity index (χ0v) is 12.9. The van der Waals surface area contributed by atoms with Crippen LogP contribution in [-0.4, -0.2) is 30.7 Å². The van der Waals surface area contributed by atoms with Crippen molar-refractivity contribution < 1.29 is 14.3 Å². The molecule has 0 atom stereocenters. The monoisotopic (exact) mass is 310 g/mol. The van der Waals surface area contributed by atoms with E-state index in [1.165, 1.54) is 6.92 Å². The van der Waals surface area contributed by atoms with Gasteiger partial charge in [-0.15, -0.1) is 0 Å². The number of hydrogen-bond donors (Lipinski definition) is 2. The van der Waals surface area contributed by atoms with Crippen LogP contribution in [0.2, 0.25) is 5.02 Å². The quantitative estimate of drug-likeness (QED) is 0.773. The highest BCUT2D eigenvalue weighted by Crippen LogP contribution is 2.30. The van der Waals surface area contributed by atoms with Gasteiger partial charge in [-0.3, -0.25) is 4.79 Å². The first kappa shape index (κ1) is 15.7. The van der Waals surface area contributed by atoms with Crippen molar-refractivity contribution in [1.82, 2.24) is 10.3 Å². The Balaban J connectivity index is 2.09. The molecule has 0 aliphatic heterocycles. The van der Waals surface area contributed by atoms with Crippen LogP contribution in [0.3, 0.4) is 0 Å². The Morgan fingerprint density at radius 3 is 2.86 bits per heavy atom. The van der Waals surface area contributed by atoms with Crippen molar-refractivity contribution >= 4 is 28.4 Å². The van der Waals surface area contributed by atoms with Crippen LogP contribution in [0.4, 0.5) is 0 Å². The van der Waals surface area contributed by atoms with E-state index in [9.17, 15) is 4.79 Å². The molecule has 0 saturated carbocycles. The smallest absolute Gasteiger partial charge is 0.217 e. The van der Waals surface area contributed by atoms with Crippen LogP contribution in [0.25, 0.3) is 10.9 Å². The van der Waals surface area contributed by atoms with Crippen molar-refractivity contribution in [1.29, 1.82) is 0 Å². The van der Waals surface area contributed by atoms with Crippen molar-refractivity contribution in [2.45, 2.75) is 20.4 Å². The number of fused-ring (bicyclic) bond motifs is 1. The normalized spacial score (nSPS) is 10.8. The van der Waals surface area contributed by atoms with Gasteiger partial charge in [0, 0.05) is 36.2 Å². The summed E-state index contributed by atoms with van der Waals surface area (Å²) >= 11 is 6.20. The van der Waals surface area contributed by atoms with Gasteiger partial charge in [-0.2, -0.15) is 0 Å².